The summed E-state index contributed by atoms with van der Waals surface area (Å²) in [5.74, 6) is 0.259. The second-order valence-electron chi connectivity index (χ2n) is 10.3. The lowest BCUT2D eigenvalue weighted by atomic mass is 9.74. The summed E-state index contributed by atoms with van der Waals surface area (Å²) in [7, 11) is -2.19. The van der Waals surface area contributed by atoms with E-state index in [0.29, 0.717) is 42.3 Å². The summed E-state index contributed by atoms with van der Waals surface area (Å²) < 4.78 is 33.8. The molecule has 10 heteroatoms. The second-order valence-corrected chi connectivity index (χ2v) is 12.7. The Kier molecular flexibility index (Phi) is 5.50. The highest BCUT2D eigenvalue weighted by Crippen LogP contribution is 2.49. The van der Waals surface area contributed by atoms with Gasteiger partial charge < -0.3 is 9.64 Å². The highest BCUT2D eigenvalue weighted by atomic mass is 35.5. The van der Waals surface area contributed by atoms with Crippen LogP contribution in [0, 0.1) is 16.7 Å². The number of pyridine rings is 1. The van der Waals surface area contributed by atoms with Crippen molar-refractivity contribution in [2.24, 2.45) is 5.41 Å². The lowest BCUT2D eigenvalue weighted by Gasteiger charge is -2.40. The number of nitriles is 1. The zero-order valence-electron chi connectivity index (χ0n) is 20.3. The van der Waals surface area contributed by atoms with Crippen LogP contribution in [0.3, 0.4) is 0 Å². The molecule has 1 atom stereocenters. The maximum atomic E-state index is 14.3. The molecule has 0 N–H and O–H groups in total. The van der Waals surface area contributed by atoms with Crippen molar-refractivity contribution < 1.29 is 17.9 Å². The van der Waals surface area contributed by atoms with Crippen LogP contribution in [0.25, 0.3) is 10.8 Å². The van der Waals surface area contributed by atoms with Crippen LogP contribution in [0.15, 0.2) is 48.8 Å². The molecule has 3 aromatic rings. The minimum atomic E-state index is -3.78. The molecule has 2 fully saturated rings. The van der Waals surface area contributed by atoms with E-state index in [1.165, 1.54) is 4.31 Å². The highest BCUT2D eigenvalue weighted by molar-refractivity contribution is 7.89. The van der Waals surface area contributed by atoms with Crippen molar-refractivity contribution >= 4 is 44.0 Å². The number of sulfonamides is 1. The molecule has 0 radical (unpaired) electrons. The molecule has 1 saturated carbocycles. The molecule has 1 aliphatic carbocycles. The lowest BCUT2D eigenvalue weighted by molar-refractivity contribution is -0.122. The molecular weight excluding hydrogens is 512 g/mol. The van der Waals surface area contributed by atoms with Gasteiger partial charge in [-0.3, -0.25) is 9.78 Å². The maximum absolute atomic E-state index is 14.3. The van der Waals surface area contributed by atoms with Gasteiger partial charge in [-0.25, -0.2) is 8.42 Å². The number of rotatable bonds is 5. The van der Waals surface area contributed by atoms with E-state index in [4.69, 9.17) is 16.3 Å². The Balaban J connectivity index is 1.43. The predicted octanol–water partition coefficient (Wildman–Crippen LogP) is 4.02. The number of fused-ring (bicyclic) bond motifs is 3. The Morgan fingerprint density at radius 3 is 2.70 bits per heavy atom. The van der Waals surface area contributed by atoms with Gasteiger partial charge >= 0.3 is 0 Å². The molecule has 1 aromatic heterocycles. The Morgan fingerprint density at radius 1 is 1.16 bits per heavy atom. The van der Waals surface area contributed by atoms with Crippen LogP contribution in [0.4, 0.5) is 5.69 Å². The first-order valence-electron chi connectivity index (χ1n) is 12.1. The first kappa shape index (κ1) is 24.2. The minimum absolute atomic E-state index is 0.0149. The fraction of sp³-hybridized carbons (Fsp3) is 0.370. The summed E-state index contributed by atoms with van der Waals surface area (Å²) in [5, 5.41) is 11.7. The summed E-state index contributed by atoms with van der Waals surface area (Å²) in [6, 6.07) is 13.1. The number of amides is 1. The number of hydrogen-bond acceptors (Lipinski definition) is 6. The number of carbonyl (C=O) groups excluding carboxylic acids is 1. The van der Waals surface area contributed by atoms with Gasteiger partial charge in [0.05, 0.1) is 41.6 Å². The molecular formula is C27H25ClN4O4S. The van der Waals surface area contributed by atoms with Crippen LogP contribution in [0.5, 0.6) is 5.75 Å². The summed E-state index contributed by atoms with van der Waals surface area (Å²) in [4.78, 5) is 20.4. The summed E-state index contributed by atoms with van der Waals surface area (Å²) >= 11 is 6.37. The lowest BCUT2D eigenvalue weighted by Crippen LogP contribution is -2.53. The van der Waals surface area contributed by atoms with Crippen molar-refractivity contribution in [2.45, 2.75) is 31.2 Å². The van der Waals surface area contributed by atoms with Gasteiger partial charge in [-0.2, -0.15) is 9.57 Å². The van der Waals surface area contributed by atoms with E-state index in [9.17, 15) is 18.5 Å². The van der Waals surface area contributed by atoms with Crippen LogP contribution < -0.4 is 9.64 Å². The van der Waals surface area contributed by atoms with E-state index in [0.717, 1.165) is 21.9 Å². The Bertz CT molecular complexity index is 1600. The molecule has 1 unspecified atom stereocenters. The number of nitrogens with zero attached hydrogens (tertiary/aromatic N) is 4. The standard InChI is InChI=1S/C27H25ClN4O4S/c1-36-21-5-3-18-12-30-13-24(22(18)11-21)32-9-8-27(25(32)33)16-31(14-19-2-4-20(28)10-23(19)27)37(34,35)17-26(15-29)6-7-26/h2-5,10-13H,6-9,14,16-17H2,1H3. The van der Waals surface area contributed by atoms with Crippen LogP contribution in [-0.4, -0.2) is 49.6 Å². The van der Waals surface area contributed by atoms with E-state index >= 15 is 0 Å². The third-order valence-corrected chi connectivity index (χ3v) is 10.2. The summed E-state index contributed by atoms with van der Waals surface area (Å²) in [6.45, 7) is 0.568. The second kappa shape index (κ2) is 8.42. The fourth-order valence-electron chi connectivity index (χ4n) is 5.71. The van der Waals surface area contributed by atoms with Crippen molar-refractivity contribution in [2.75, 3.05) is 30.9 Å². The monoisotopic (exact) mass is 536 g/mol. The average molecular weight is 537 g/mol. The van der Waals surface area contributed by atoms with Gasteiger partial charge in [0.25, 0.3) is 0 Å². The van der Waals surface area contributed by atoms with Gasteiger partial charge in [-0.1, -0.05) is 17.7 Å². The van der Waals surface area contributed by atoms with E-state index in [1.807, 2.05) is 18.2 Å². The first-order valence-corrected chi connectivity index (χ1v) is 14.1. The number of halogens is 1. The van der Waals surface area contributed by atoms with E-state index in [2.05, 4.69) is 11.1 Å². The third-order valence-electron chi connectivity index (χ3n) is 7.98. The van der Waals surface area contributed by atoms with E-state index in [-0.39, 0.29) is 24.7 Å². The van der Waals surface area contributed by atoms with Crippen molar-refractivity contribution in [1.29, 1.82) is 5.26 Å². The molecule has 2 aliphatic heterocycles. The number of benzene rings is 2. The summed E-state index contributed by atoms with van der Waals surface area (Å²) in [6.07, 6.45) is 4.99. The van der Waals surface area contributed by atoms with Crippen molar-refractivity contribution in [3.8, 4) is 11.8 Å². The number of hydrogen-bond donors (Lipinski definition) is 0. The predicted molar refractivity (Wildman–Crippen MR) is 140 cm³/mol. The molecule has 8 nitrogen and oxygen atoms in total. The van der Waals surface area contributed by atoms with Gasteiger partial charge in [-0.05, 0) is 60.7 Å². The van der Waals surface area contributed by atoms with Crippen molar-refractivity contribution in [3.63, 3.8) is 0 Å². The normalized spacial score (nSPS) is 22.7. The number of anilines is 1. The van der Waals surface area contributed by atoms with E-state index in [1.54, 1.807) is 42.6 Å². The Morgan fingerprint density at radius 2 is 1.97 bits per heavy atom. The van der Waals surface area contributed by atoms with Crippen molar-refractivity contribution in [1.82, 2.24) is 9.29 Å². The van der Waals surface area contributed by atoms with Gasteiger partial charge in [0.15, 0.2) is 0 Å². The molecule has 190 valence electrons. The number of carbonyl (C=O) groups is 1. The summed E-state index contributed by atoms with van der Waals surface area (Å²) in [5.41, 5.74) is 0.282. The molecule has 2 aromatic carbocycles. The van der Waals surface area contributed by atoms with Crippen LogP contribution in [0.2, 0.25) is 5.02 Å². The zero-order chi connectivity index (χ0) is 26.0. The van der Waals surface area contributed by atoms with Gasteiger partial charge in [0, 0.05) is 41.6 Å². The smallest absolute Gasteiger partial charge is 0.239 e. The van der Waals surface area contributed by atoms with Crippen LogP contribution in [-0.2, 0) is 26.8 Å². The fourth-order valence-corrected chi connectivity index (χ4v) is 7.87. The Hall–Kier alpha value is -3.19. The average Bonchev–Trinajstić information content (AvgIpc) is 3.59. The molecule has 1 spiro atoms. The van der Waals surface area contributed by atoms with Gasteiger partial charge in [0.1, 0.15) is 5.75 Å². The molecule has 1 saturated heterocycles. The van der Waals surface area contributed by atoms with Gasteiger partial charge in [-0.15, -0.1) is 0 Å². The molecule has 3 heterocycles. The topological polar surface area (TPSA) is 104 Å². The Labute approximate surface area is 220 Å². The minimum Gasteiger partial charge on any atom is -0.497 e. The third kappa shape index (κ3) is 3.86. The maximum Gasteiger partial charge on any atom is 0.239 e. The largest absolute Gasteiger partial charge is 0.497 e. The van der Waals surface area contributed by atoms with Crippen LogP contribution >= 0.6 is 11.6 Å². The molecule has 6 rings (SSSR count). The van der Waals surface area contributed by atoms with Crippen molar-refractivity contribution in [3.05, 3.63) is 64.9 Å². The number of aromatic nitrogens is 1. The quantitative estimate of drug-likeness (QED) is 0.488. The zero-order valence-corrected chi connectivity index (χ0v) is 21.8. The highest BCUT2D eigenvalue weighted by Gasteiger charge is 2.56. The number of ether oxygens (including phenoxy) is 1. The molecule has 1 amide bonds. The first-order chi connectivity index (χ1) is 17.7. The SMILES string of the molecule is COc1ccc2cncc(N3CCC4(CN(S(=O)(=O)CC5(C#N)CC5)Cc5ccc(Cl)cc54)C3=O)c2c1. The van der Waals surface area contributed by atoms with Crippen LogP contribution in [0.1, 0.15) is 30.4 Å². The molecule has 3 aliphatic rings. The number of methoxy groups -OCH3 is 1. The molecule has 0 bridgehead atoms. The molecule has 37 heavy (non-hydrogen) atoms. The van der Waals surface area contributed by atoms with E-state index < -0.39 is 20.9 Å². The van der Waals surface area contributed by atoms with Gasteiger partial charge in [0.2, 0.25) is 15.9 Å².